The van der Waals surface area contributed by atoms with E-state index in [4.69, 9.17) is 0 Å². The summed E-state index contributed by atoms with van der Waals surface area (Å²) in [7, 11) is 0.500. The monoisotopic (exact) mass is 364 g/mol. The van der Waals surface area contributed by atoms with E-state index in [1.807, 2.05) is 4.74 Å². The molecule has 0 bridgehead atoms. The molecule has 1 unspecified atom stereocenters. The van der Waals surface area contributed by atoms with Crippen molar-refractivity contribution in [3.8, 4) is 0 Å². The summed E-state index contributed by atoms with van der Waals surface area (Å²) in [6, 6.07) is -3.73. The lowest BCUT2D eigenvalue weighted by Gasteiger charge is -2.37. The minimum absolute atomic E-state index is 0.500. The van der Waals surface area contributed by atoms with Crippen molar-refractivity contribution in [2.45, 2.75) is 23.9 Å². The molecule has 0 saturated heterocycles. The summed E-state index contributed by atoms with van der Waals surface area (Å²) < 4.78 is 157. The largest absolute Gasteiger partial charge is 0.450 e. The molecule has 14 heteroatoms. The molecule has 0 heterocycles. The van der Waals surface area contributed by atoms with Crippen LogP contribution in [-0.4, -0.2) is 37.7 Å². The van der Waals surface area contributed by atoms with Crippen molar-refractivity contribution in [1.82, 2.24) is 0 Å². The SMILES string of the molecule is CF.FCC(F)(F)C(F)(C(F)(F)F)C(F)(F)OC(F)=C(F)F. The van der Waals surface area contributed by atoms with Gasteiger partial charge in [-0.3, -0.25) is 4.39 Å². The maximum atomic E-state index is 13.1. The Morgan fingerprint density at radius 2 is 1.18 bits per heavy atom. The Kier molecular flexibility index (Phi) is 7.56. The zero-order chi connectivity index (χ0) is 18.6. The predicted octanol–water partition coefficient (Wildman–Crippen LogP) is 5.09. The summed E-state index contributed by atoms with van der Waals surface area (Å²) in [5.74, 6) is -6.43. The fraction of sp³-hybridized carbons (Fsp3) is 0.750. The highest BCUT2D eigenvalue weighted by Crippen LogP contribution is 2.55. The van der Waals surface area contributed by atoms with Gasteiger partial charge in [0.05, 0.1) is 7.18 Å². The fourth-order valence-electron chi connectivity index (χ4n) is 0.899. The van der Waals surface area contributed by atoms with E-state index < -0.39 is 42.6 Å². The van der Waals surface area contributed by atoms with Crippen LogP contribution in [0.4, 0.5) is 57.1 Å². The van der Waals surface area contributed by atoms with Gasteiger partial charge >= 0.3 is 36.0 Å². The van der Waals surface area contributed by atoms with Crippen molar-refractivity contribution in [2.24, 2.45) is 0 Å². The Bertz CT molecular complexity index is 382. The zero-order valence-corrected chi connectivity index (χ0v) is 10.0. The van der Waals surface area contributed by atoms with Gasteiger partial charge in [-0.25, -0.2) is 8.78 Å². The van der Waals surface area contributed by atoms with E-state index in [-0.39, 0.29) is 0 Å². The Labute approximate surface area is 113 Å². The molecular weight excluding hydrogens is 359 g/mol. The third-order valence-electron chi connectivity index (χ3n) is 1.83. The van der Waals surface area contributed by atoms with Crippen molar-refractivity contribution in [2.75, 3.05) is 13.9 Å². The first-order chi connectivity index (χ1) is 9.64. The first-order valence-electron chi connectivity index (χ1n) is 4.49. The van der Waals surface area contributed by atoms with Crippen molar-refractivity contribution >= 4 is 0 Å². The Morgan fingerprint density at radius 1 is 0.818 bits per heavy atom. The third kappa shape index (κ3) is 4.09. The molecule has 0 amide bonds. The molecule has 0 aliphatic carbocycles. The summed E-state index contributed by atoms with van der Waals surface area (Å²) in [6.45, 7) is -3.58. The quantitative estimate of drug-likeness (QED) is 0.488. The number of hydrogen-bond acceptors (Lipinski definition) is 1. The molecule has 0 rings (SSSR count). The molecule has 0 aromatic rings. The van der Waals surface area contributed by atoms with Crippen LogP contribution in [0.5, 0.6) is 0 Å². The average molecular weight is 364 g/mol. The van der Waals surface area contributed by atoms with Crippen LogP contribution in [0.2, 0.25) is 0 Å². The Morgan fingerprint density at radius 3 is 1.41 bits per heavy atom. The number of rotatable bonds is 5. The van der Waals surface area contributed by atoms with Crippen LogP contribution in [0.15, 0.2) is 12.1 Å². The van der Waals surface area contributed by atoms with Gasteiger partial charge in [-0.1, -0.05) is 0 Å². The smallest absolute Gasteiger partial charge is 0.399 e. The minimum Gasteiger partial charge on any atom is -0.399 e. The highest BCUT2D eigenvalue weighted by molar-refractivity contribution is 5.07. The lowest BCUT2D eigenvalue weighted by atomic mass is 9.96. The van der Waals surface area contributed by atoms with Gasteiger partial charge in [0.1, 0.15) is 0 Å². The molecule has 0 aliphatic rings. The van der Waals surface area contributed by atoms with Gasteiger partial charge in [0.2, 0.25) is 0 Å². The lowest BCUT2D eigenvalue weighted by Crippen LogP contribution is -2.67. The van der Waals surface area contributed by atoms with Crippen LogP contribution in [0.1, 0.15) is 0 Å². The van der Waals surface area contributed by atoms with E-state index in [0.29, 0.717) is 7.18 Å². The van der Waals surface area contributed by atoms with E-state index in [2.05, 4.69) is 0 Å². The summed E-state index contributed by atoms with van der Waals surface area (Å²) in [4.78, 5) is 0. The lowest BCUT2D eigenvalue weighted by molar-refractivity contribution is -0.424. The van der Waals surface area contributed by atoms with Crippen LogP contribution >= 0.6 is 0 Å². The maximum Gasteiger partial charge on any atom is 0.450 e. The summed E-state index contributed by atoms with van der Waals surface area (Å²) in [5, 5.41) is 0. The van der Waals surface area contributed by atoms with E-state index in [1.54, 1.807) is 0 Å². The van der Waals surface area contributed by atoms with Gasteiger partial charge in [-0.05, 0) is 0 Å². The molecular formula is C8H5F13O. The molecule has 1 atom stereocenters. The normalized spacial score (nSPS) is 15.4. The second-order valence-electron chi connectivity index (χ2n) is 3.15. The standard InChI is InChI=1S/C7H2F12O.CH3F/c8-1-4(12,13)5(14,6(15,16)17)7(18,19)20-3(11)2(9)10;1-2/h1H2;1H3. The van der Waals surface area contributed by atoms with Crippen LogP contribution in [-0.2, 0) is 4.74 Å². The first kappa shape index (κ1) is 22.9. The molecule has 0 spiro atoms. The molecule has 1 nitrogen and oxygen atoms in total. The predicted molar refractivity (Wildman–Crippen MR) is 44.2 cm³/mol. The highest BCUT2D eigenvalue weighted by atomic mass is 19.4. The Hall–Kier alpha value is -1.37. The van der Waals surface area contributed by atoms with Crippen molar-refractivity contribution in [3.63, 3.8) is 0 Å². The molecule has 0 N–H and O–H groups in total. The molecule has 0 saturated carbocycles. The average Bonchev–Trinajstić information content (AvgIpc) is 2.37. The van der Waals surface area contributed by atoms with Crippen molar-refractivity contribution in [1.29, 1.82) is 0 Å². The molecule has 0 radical (unpaired) electrons. The van der Waals surface area contributed by atoms with Gasteiger partial charge in [-0.15, -0.1) is 0 Å². The van der Waals surface area contributed by atoms with Crippen LogP contribution in [0, 0.1) is 0 Å². The minimum atomic E-state index is -7.17. The summed E-state index contributed by atoms with van der Waals surface area (Å²) in [6.07, 6.45) is -17.8. The van der Waals surface area contributed by atoms with Crippen molar-refractivity contribution < 1.29 is 61.8 Å². The second-order valence-corrected chi connectivity index (χ2v) is 3.15. The van der Waals surface area contributed by atoms with E-state index in [0.717, 1.165) is 0 Å². The third-order valence-corrected chi connectivity index (χ3v) is 1.83. The van der Waals surface area contributed by atoms with E-state index in [1.165, 1.54) is 0 Å². The Balaban J connectivity index is 0. The van der Waals surface area contributed by atoms with Crippen molar-refractivity contribution in [3.05, 3.63) is 12.1 Å². The van der Waals surface area contributed by atoms with Gasteiger partial charge in [-0.2, -0.15) is 43.9 Å². The van der Waals surface area contributed by atoms with Gasteiger partial charge in [0.15, 0.2) is 6.67 Å². The van der Waals surface area contributed by atoms with Crippen LogP contribution in [0.3, 0.4) is 0 Å². The van der Waals surface area contributed by atoms with Gasteiger partial charge in [0, 0.05) is 0 Å². The fourth-order valence-corrected chi connectivity index (χ4v) is 0.899. The number of halogens is 13. The van der Waals surface area contributed by atoms with E-state index in [9.17, 15) is 57.1 Å². The van der Waals surface area contributed by atoms with Gasteiger partial charge in [0.25, 0.3) is 0 Å². The van der Waals surface area contributed by atoms with Crippen LogP contribution < -0.4 is 0 Å². The molecule has 0 aromatic carbocycles. The number of ether oxygens (including phenoxy) is 1. The zero-order valence-electron chi connectivity index (χ0n) is 10.0. The topological polar surface area (TPSA) is 9.23 Å². The number of alkyl halides is 10. The molecule has 0 fully saturated rings. The number of hydrogen-bond donors (Lipinski definition) is 0. The summed E-state index contributed by atoms with van der Waals surface area (Å²) in [5.41, 5.74) is -7.07. The highest BCUT2D eigenvalue weighted by Gasteiger charge is 2.85. The molecule has 134 valence electrons. The molecule has 0 aliphatic heterocycles. The molecule has 0 aromatic heterocycles. The van der Waals surface area contributed by atoms with E-state index >= 15 is 0 Å². The molecule has 22 heavy (non-hydrogen) atoms. The van der Waals surface area contributed by atoms with Crippen LogP contribution in [0.25, 0.3) is 0 Å². The summed E-state index contributed by atoms with van der Waals surface area (Å²) >= 11 is 0. The van der Waals surface area contributed by atoms with Gasteiger partial charge < -0.3 is 4.74 Å². The maximum absolute atomic E-state index is 13.1. The second kappa shape index (κ2) is 7.26. The first-order valence-corrected chi connectivity index (χ1v) is 4.49.